The van der Waals surface area contributed by atoms with Crippen LogP contribution in [0.15, 0.2) is 0 Å². The number of nitriles is 1. The highest BCUT2D eigenvalue weighted by Gasteiger charge is 2.36. The molecule has 12 heavy (non-hydrogen) atoms. The predicted molar refractivity (Wildman–Crippen MR) is 47.4 cm³/mol. The molecule has 0 saturated heterocycles. The molecule has 1 N–H and O–H groups in total. The summed E-state index contributed by atoms with van der Waals surface area (Å²) in [4.78, 5) is 0. The summed E-state index contributed by atoms with van der Waals surface area (Å²) in [6, 6.07) is 2.14. The number of hydrogen-bond donors (Lipinski definition) is 1. The molecule has 1 saturated carbocycles. The Kier molecular flexibility index (Phi) is 2.74. The molecule has 1 rings (SSSR count). The molecule has 2 heteroatoms. The summed E-state index contributed by atoms with van der Waals surface area (Å²) in [6.45, 7) is 4.02. The molecular weight excluding hydrogens is 150 g/mol. The number of aliphatic hydroxyl groups is 1. The molecule has 0 radical (unpaired) electrons. The lowest BCUT2D eigenvalue weighted by molar-refractivity contribution is -0.0347. The lowest BCUT2D eigenvalue weighted by atomic mass is 9.74. The van der Waals surface area contributed by atoms with Crippen molar-refractivity contribution in [3.63, 3.8) is 0 Å². The maximum Gasteiger partial charge on any atom is 0.0802 e. The van der Waals surface area contributed by atoms with Crippen molar-refractivity contribution in [3.05, 3.63) is 0 Å². The smallest absolute Gasteiger partial charge is 0.0802 e. The van der Waals surface area contributed by atoms with E-state index in [0.29, 0.717) is 0 Å². The minimum atomic E-state index is -0.693. The Morgan fingerprint density at radius 1 is 1.50 bits per heavy atom. The van der Waals surface area contributed by atoms with Gasteiger partial charge in [0.15, 0.2) is 0 Å². The van der Waals surface area contributed by atoms with Crippen molar-refractivity contribution in [2.45, 2.75) is 45.1 Å². The summed E-state index contributed by atoms with van der Waals surface area (Å²) in [5.41, 5.74) is -0.693. The number of nitrogens with zero attached hydrogens (tertiary/aromatic N) is 1. The van der Waals surface area contributed by atoms with Crippen molar-refractivity contribution in [1.82, 2.24) is 0 Å². The minimum Gasteiger partial charge on any atom is -0.389 e. The lowest BCUT2D eigenvalue weighted by Crippen LogP contribution is -2.39. The van der Waals surface area contributed by atoms with E-state index >= 15 is 0 Å². The molecular formula is C10H17NO. The molecule has 0 aromatic rings. The van der Waals surface area contributed by atoms with Crippen molar-refractivity contribution < 1.29 is 5.11 Å². The Labute approximate surface area is 74.2 Å². The monoisotopic (exact) mass is 167 g/mol. The SMILES string of the molecule is CC1CCC(O)(C(C)C#N)CC1. The van der Waals surface area contributed by atoms with Gasteiger partial charge in [0.2, 0.25) is 0 Å². The van der Waals surface area contributed by atoms with Gasteiger partial charge in [-0.2, -0.15) is 5.26 Å². The Bertz CT molecular complexity index is 187. The summed E-state index contributed by atoms with van der Waals surface area (Å²) in [6.07, 6.45) is 3.71. The zero-order valence-corrected chi connectivity index (χ0v) is 7.88. The topological polar surface area (TPSA) is 44.0 Å². The van der Waals surface area contributed by atoms with Gasteiger partial charge in [-0.3, -0.25) is 0 Å². The first kappa shape index (κ1) is 9.54. The van der Waals surface area contributed by atoms with E-state index in [2.05, 4.69) is 13.0 Å². The first-order chi connectivity index (χ1) is 5.58. The third kappa shape index (κ3) is 1.78. The summed E-state index contributed by atoms with van der Waals surface area (Å²) < 4.78 is 0. The molecule has 1 atom stereocenters. The van der Waals surface area contributed by atoms with Gasteiger partial charge in [-0.05, 0) is 38.5 Å². The lowest BCUT2D eigenvalue weighted by Gasteiger charge is -2.36. The van der Waals surface area contributed by atoms with E-state index in [0.717, 1.165) is 31.6 Å². The normalized spacial score (nSPS) is 38.7. The number of hydrogen-bond acceptors (Lipinski definition) is 2. The van der Waals surface area contributed by atoms with Crippen LogP contribution in [0.25, 0.3) is 0 Å². The second-order valence-electron chi connectivity index (χ2n) is 4.14. The summed E-state index contributed by atoms with van der Waals surface area (Å²) in [5, 5.41) is 18.7. The quantitative estimate of drug-likeness (QED) is 0.649. The van der Waals surface area contributed by atoms with Crippen molar-refractivity contribution in [1.29, 1.82) is 5.26 Å². The van der Waals surface area contributed by atoms with Crippen LogP contribution in [0, 0.1) is 23.2 Å². The van der Waals surface area contributed by atoms with E-state index in [1.54, 1.807) is 0 Å². The maximum absolute atomic E-state index is 10.0. The van der Waals surface area contributed by atoms with Crippen molar-refractivity contribution in [3.8, 4) is 6.07 Å². The number of rotatable bonds is 1. The van der Waals surface area contributed by atoms with Gasteiger partial charge in [0.05, 0.1) is 17.6 Å². The molecule has 1 fully saturated rings. The van der Waals surface area contributed by atoms with Gasteiger partial charge in [0.1, 0.15) is 0 Å². The van der Waals surface area contributed by atoms with E-state index in [9.17, 15) is 5.11 Å². The van der Waals surface area contributed by atoms with E-state index in [1.165, 1.54) is 0 Å². The zero-order chi connectivity index (χ0) is 9.19. The highest BCUT2D eigenvalue weighted by molar-refractivity contribution is 4.98. The average molecular weight is 167 g/mol. The van der Waals surface area contributed by atoms with E-state index in [-0.39, 0.29) is 5.92 Å². The summed E-state index contributed by atoms with van der Waals surface area (Å²) in [7, 11) is 0. The first-order valence-corrected chi connectivity index (χ1v) is 4.70. The van der Waals surface area contributed by atoms with Gasteiger partial charge in [-0.15, -0.1) is 0 Å². The molecule has 0 aliphatic heterocycles. The molecule has 2 nitrogen and oxygen atoms in total. The van der Waals surface area contributed by atoms with Gasteiger partial charge in [-0.25, -0.2) is 0 Å². The average Bonchev–Trinajstić information content (AvgIpc) is 2.09. The first-order valence-electron chi connectivity index (χ1n) is 4.70. The molecule has 0 bridgehead atoms. The largest absolute Gasteiger partial charge is 0.389 e. The Morgan fingerprint density at radius 3 is 2.42 bits per heavy atom. The highest BCUT2D eigenvalue weighted by atomic mass is 16.3. The highest BCUT2D eigenvalue weighted by Crippen LogP contribution is 2.36. The fraction of sp³-hybridized carbons (Fsp3) is 0.900. The molecule has 1 unspecified atom stereocenters. The van der Waals surface area contributed by atoms with Crippen LogP contribution in [-0.4, -0.2) is 10.7 Å². The van der Waals surface area contributed by atoms with E-state index in [4.69, 9.17) is 5.26 Å². The van der Waals surface area contributed by atoms with Crippen LogP contribution in [-0.2, 0) is 0 Å². The van der Waals surface area contributed by atoms with Crippen LogP contribution in [0.5, 0.6) is 0 Å². The Morgan fingerprint density at radius 2 is 2.00 bits per heavy atom. The van der Waals surface area contributed by atoms with Crippen molar-refractivity contribution >= 4 is 0 Å². The molecule has 0 aromatic heterocycles. The van der Waals surface area contributed by atoms with Crippen molar-refractivity contribution in [2.24, 2.45) is 11.8 Å². The second kappa shape index (κ2) is 3.45. The van der Waals surface area contributed by atoms with Gasteiger partial charge >= 0.3 is 0 Å². The van der Waals surface area contributed by atoms with Crippen LogP contribution in [0.4, 0.5) is 0 Å². The zero-order valence-electron chi connectivity index (χ0n) is 7.88. The molecule has 0 amide bonds. The van der Waals surface area contributed by atoms with Crippen LogP contribution >= 0.6 is 0 Å². The van der Waals surface area contributed by atoms with E-state index in [1.807, 2.05) is 6.92 Å². The second-order valence-corrected chi connectivity index (χ2v) is 4.14. The predicted octanol–water partition coefficient (Wildman–Crippen LogP) is 2.09. The molecule has 0 heterocycles. The fourth-order valence-corrected chi connectivity index (χ4v) is 1.82. The minimum absolute atomic E-state index is 0.218. The summed E-state index contributed by atoms with van der Waals surface area (Å²) in [5.74, 6) is 0.501. The maximum atomic E-state index is 10.0. The molecule has 1 aliphatic rings. The van der Waals surface area contributed by atoms with Crippen LogP contribution in [0.3, 0.4) is 0 Å². The fourth-order valence-electron chi connectivity index (χ4n) is 1.82. The van der Waals surface area contributed by atoms with E-state index < -0.39 is 5.60 Å². The Balaban J connectivity index is 2.57. The van der Waals surface area contributed by atoms with Gasteiger partial charge in [0.25, 0.3) is 0 Å². The standard InChI is InChI=1S/C10H17NO/c1-8-3-5-10(12,6-4-8)9(2)7-11/h8-9,12H,3-6H2,1-2H3. The molecule has 0 spiro atoms. The molecule has 0 aromatic carbocycles. The van der Waals surface area contributed by atoms with Gasteiger partial charge < -0.3 is 5.11 Å². The van der Waals surface area contributed by atoms with Crippen molar-refractivity contribution in [2.75, 3.05) is 0 Å². The van der Waals surface area contributed by atoms with Gasteiger partial charge in [-0.1, -0.05) is 6.92 Å². The van der Waals surface area contributed by atoms with Crippen LogP contribution in [0.1, 0.15) is 39.5 Å². The van der Waals surface area contributed by atoms with Crippen LogP contribution in [0.2, 0.25) is 0 Å². The van der Waals surface area contributed by atoms with Crippen LogP contribution < -0.4 is 0 Å². The molecule has 68 valence electrons. The third-order valence-corrected chi connectivity index (χ3v) is 3.14. The third-order valence-electron chi connectivity index (χ3n) is 3.14. The van der Waals surface area contributed by atoms with Gasteiger partial charge in [0, 0.05) is 0 Å². The Hall–Kier alpha value is -0.550. The summed E-state index contributed by atoms with van der Waals surface area (Å²) >= 11 is 0. The molecule has 1 aliphatic carbocycles.